The third kappa shape index (κ3) is 1.47. The van der Waals surface area contributed by atoms with Crippen molar-refractivity contribution in [2.75, 3.05) is 0 Å². The molecule has 0 aromatic rings. The topological polar surface area (TPSA) is 80.4 Å². The van der Waals surface area contributed by atoms with Crippen molar-refractivity contribution in [3.8, 4) is 0 Å². The van der Waals surface area contributed by atoms with Crippen molar-refractivity contribution in [3.05, 3.63) is 39.6 Å². The molecule has 0 aromatic heterocycles. The molecule has 5 heteroatoms. The molecule has 0 fully saturated rings. The van der Waals surface area contributed by atoms with E-state index in [9.17, 15) is 14.9 Å². The molecule has 0 saturated carbocycles. The first-order chi connectivity index (χ1) is 5.65. The minimum atomic E-state index is -1.08. The van der Waals surface area contributed by atoms with E-state index in [0.717, 1.165) is 12.2 Å². The second kappa shape index (κ2) is 3.13. The van der Waals surface area contributed by atoms with E-state index in [1.54, 1.807) is 0 Å². The van der Waals surface area contributed by atoms with Crippen LogP contribution in [0.15, 0.2) is 29.5 Å². The number of rotatable bonds is 1. The van der Waals surface area contributed by atoms with Crippen LogP contribution in [-0.2, 0) is 4.79 Å². The molecule has 62 valence electrons. The van der Waals surface area contributed by atoms with Gasteiger partial charge in [-0.1, -0.05) is 0 Å². The second-order valence-corrected chi connectivity index (χ2v) is 2.19. The Bertz CT molecular complexity index is 322. The fraction of sp³-hybridized carbons (Fsp3) is 0.143. The molecule has 0 radical (unpaired) electrons. The Balaban J connectivity index is 3.04. The molecule has 0 spiro atoms. The van der Waals surface area contributed by atoms with E-state index in [2.05, 4.69) is 0 Å². The molecule has 0 aliphatic heterocycles. The number of hydrogen-bond acceptors (Lipinski definition) is 4. The lowest BCUT2D eigenvalue weighted by molar-refractivity contribution is -0.419. The molecule has 0 heterocycles. The molecule has 1 aliphatic rings. The molecular formula is C7H5NO4. The van der Waals surface area contributed by atoms with Crippen molar-refractivity contribution in [2.24, 2.45) is 0 Å². The molecule has 0 amide bonds. The number of aliphatic hydroxyl groups is 1. The predicted octanol–water partition coefficient (Wildman–Crippen LogP) is -0.164. The zero-order valence-electron chi connectivity index (χ0n) is 5.93. The Morgan fingerprint density at radius 3 is 2.83 bits per heavy atom. The zero-order chi connectivity index (χ0) is 9.14. The summed E-state index contributed by atoms with van der Waals surface area (Å²) >= 11 is 0. The highest BCUT2D eigenvalue weighted by molar-refractivity contribution is 5.62. The second-order valence-electron chi connectivity index (χ2n) is 2.19. The van der Waals surface area contributed by atoms with Gasteiger partial charge in [0.1, 0.15) is 12.0 Å². The van der Waals surface area contributed by atoms with Crippen LogP contribution in [0.4, 0.5) is 0 Å². The average molecular weight is 167 g/mol. The maximum absolute atomic E-state index is 10.2. The summed E-state index contributed by atoms with van der Waals surface area (Å²) in [4.78, 5) is 19.7. The van der Waals surface area contributed by atoms with Gasteiger partial charge in [0.2, 0.25) is 0 Å². The fourth-order valence-corrected chi connectivity index (χ4v) is 0.790. The van der Waals surface area contributed by atoms with E-state index >= 15 is 0 Å². The van der Waals surface area contributed by atoms with Crippen LogP contribution in [0.25, 0.3) is 0 Å². The Hall–Kier alpha value is -1.71. The molecule has 12 heavy (non-hydrogen) atoms. The zero-order valence-corrected chi connectivity index (χ0v) is 5.93. The lowest BCUT2D eigenvalue weighted by Gasteiger charge is -2.05. The smallest absolute Gasteiger partial charge is 0.270 e. The van der Waals surface area contributed by atoms with Gasteiger partial charge in [0, 0.05) is 12.2 Å². The van der Waals surface area contributed by atoms with Gasteiger partial charge in [-0.2, -0.15) is 0 Å². The van der Waals surface area contributed by atoms with Gasteiger partial charge >= 0.3 is 0 Å². The van der Waals surface area contributed by atoms with Crippen molar-refractivity contribution in [1.29, 1.82) is 0 Å². The summed E-state index contributed by atoms with van der Waals surface area (Å²) in [7, 11) is 0. The molecular weight excluding hydrogens is 162 g/mol. The minimum absolute atomic E-state index is 0.121. The van der Waals surface area contributed by atoms with Crippen LogP contribution in [0.3, 0.4) is 0 Å². The van der Waals surface area contributed by atoms with Crippen LogP contribution in [0.1, 0.15) is 0 Å². The number of hydrogen-bond donors (Lipinski definition) is 1. The first-order valence-electron chi connectivity index (χ1n) is 3.12. The number of allylic oxidation sites excluding steroid dienone is 1. The quantitative estimate of drug-likeness (QED) is 0.334. The Morgan fingerprint density at radius 1 is 1.67 bits per heavy atom. The number of nitrogens with zero attached hydrogens (tertiary/aromatic N) is 1. The largest absolute Gasteiger partial charge is 0.383 e. The molecule has 5 nitrogen and oxygen atoms in total. The molecule has 1 aliphatic carbocycles. The predicted molar refractivity (Wildman–Crippen MR) is 39.4 cm³/mol. The average Bonchev–Trinajstić information content (AvgIpc) is 2.05. The Morgan fingerprint density at radius 2 is 2.33 bits per heavy atom. The lowest BCUT2D eigenvalue weighted by atomic mass is 10.1. The van der Waals surface area contributed by atoms with Gasteiger partial charge in [-0.25, -0.2) is 4.79 Å². The van der Waals surface area contributed by atoms with Crippen LogP contribution in [0.5, 0.6) is 0 Å². The summed E-state index contributed by atoms with van der Waals surface area (Å²) in [5, 5.41) is 19.2. The summed E-state index contributed by atoms with van der Waals surface area (Å²) < 4.78 is 0. The van der Waals surface area contributed by atoms with Crippen molar-refractivity contribution in [3.63, 3.8) is 0 Å². The van der Waals surface area contributed by atoms with Crippen molar-refractivity contribution in [2.45, 2.75) is 6.10 Å². The van der Waals surface area contributed by atoms with Crippen LogP contribution >= 0.6 is 0 Å². The monoisotopic (exact) mass is 167 g/mol. The van der Waals surface area contributed by atoms with E-state index in [0.29, 0.717) is 0 Å². The summed E-state index contributed by atoms with van der Waals surface area (Å²) in [6.45, 7) is 0. The molecule has 0 saturated heterocycles. The highest BCUT2D eigenvalue weighted by atomic mass is 16.6. The van der Waals surface area contributed by atoms with Crippen molar-refractivity contribution >= 4 is 5.94 Å². The minimum Gasteiger partial charge on any atom is -0.383 e. The Kier molecular flexibility index (Phi) is 2.19. The summed E-state index contributed by atoms with van der Waals surface area (Å²) in [6, 6.07) is 0. The van der Waals surface area contributed by atoms with Gasteiger partial charge in [-0.15, -0.1) is 0 Å². The normalized spacial score (nSPS) is 21.6. The van der Waals surface area contributed by atoms with E-state index in [-0.39, 0.29) is 11.3 Å². The van der Waals surface area contributed by atoms with Gasteiger partial charge in [0.15, 0.2) is 0 Å². The highest BCUT2D eigenvalue weighted by Gasteiger charge is 2.18. The molecule has 1 rings (SSSR count). The molecule has 1 unspecified atom stereocenters. The SMILES string of the molecule is O=C=C1C=C([N+](=O)[O-])C=CC1O. The Labute approximate surface area is 67.5 Å². The summed E-state index contributed by atoms with van der Waals surface area (Å²) in [6.07, 6.45) is 2.23. The number of nitro groups is 1. The van der Waals surface area contributed by atoms with E-state index in [1.807, 2.05) is 0 Å². The first kappa shape index (κ1) is 8.39. The standard InChI is InChI=1S/C7H5NO4/c9-4-5-3-6(8(11)12)1-2-7(5)10/h1-3,7,10H. The highest BCUT2D eigenvalue weighted by Crippen LogP contribution is 2.14. The summed E-state index contributed by atoms with van der Waals surface area (Å²) in [5.74, 6) is 1.42. The molecule has 0 aromatic carbocycles. The van der Waals surface area contributed by atoms with E-state index in [4.69, 9.17) is 5.11 Å². The third-order valence-electron chi connectivity index (χ3n) is 1.40. The molecule has 0 bridgehead atoms. The third-order valence-corrected chi connectivity index (χ3v) is 1.40. The number of carbonyl (C=O) groups excluding carboxylic acids is 1. The van der Waals surface area contributed by atoms with Gasteiger partial charge < -0.3 is 5.11 Å². The van der Waals surface area contributed by atoms with Gasteiger partial charge in [-0.05, 0) is 6.08 Å². The van der Waals surface area contributed by atoms with Crippen molar-refractivity contribution < 1.29 is 14.8 Å². The fourth-order valence-electron chi connectivity index (χ4n) is 0.790. The van der Waals surface area contributed by atoms with E-state index < -0.39 is 11.0 Å². The number of aliphatic hydroxyl groups excluding tert-OH is 1. The maximum atomic E-state index is 10.2. The maximum Gasteiger partial charge on any atom is 0.270 e. The first-order valence-corrected chi connectivity index (χ1v) is 3.12. The van der Waals surface area contributed by atoms with Crippen LogP contribution in [0.2, 0.25) is 0 Å². The lowest BCUT2D eigenvalue weighted by Crippen LogP contribution is -2.12. The molecule has 1 N–H and O–H groups in total. The van der Waals surface area contributed by atoms with Gasteiger partial charge in [0.25, 0.3) is 5.70 Å². The van der Waals surface area contributed by atoms with Crippen LogP contribution in [-0.4, -0.2) is 22.1 Å². The summed E-state index contributed by atoms with van der Waals surface area (Å²) in [5.41, 5.74) is -0.345. The molecule has 1 atom stereocenters. The van der Waals surface area contributed by atoms with Gasteiger partial charge in [0.05, 0.1) is 10.5 Å². The van der Waals surface area contributed by atoms with E-state index in [1.165, 1.54) is 12.0 Å². The van der Waals surface area contributed by atoms with Gasteiger partial charge in [-0.3, -0.25) is 10.1 Å². The van der Waals surface area contributed by atoms with Crippen LogP contribution < -0.4 is 0 Å². The van der Waals surface area contributed by atoms with Crippen LogP contribution in [0, 0.1) is 10.1 Å². The van der Waals surface area contributed by atoms with Crippen molar-refractivity contribution in [1.82, 2.24) is 0 Å².